The second kappa shape index (κ2) is 6.72. The van der Waals surface area contributed by atoms with Gasteiger partial charge in [0.1, 0.15) is 5.54 Å². The molecule has 7 heteroatoms. The van der Waals surface area contributed by atoms with Gasteiger partial charge in [0.2, 0.25) is 0 Å². The highest BCUT2D eigenvalue weighted by Gasteiger charge is 2.49. The van der Waals surface area contributed by atoms with Gasteiger partial charge in [-0.05, 0) is 25.7 Å². The Morgan fingerprint density at radius 1 is 1.42 bits per heavy atom. The molecular formula is C12H22N2O5. The summed E-state index contributed by atoms with van der Waals surface area (Å²) in [5, 5.41) is 20.8. The summed E-state index contributed by atoms with van der Waals surface area (Å²) in [7, 11) is 1.51. The van der Waals surface area contributed by atoms with Gasteiger partial charge in [-0.1, -0.05) is 0 Å². The van der Waals surface area contributed by atoms with E-state index in [2.05, 4.69) is 5.32 Å². The van der Waals surface area contributed by atoms with Crippen molar-refractivity contribution in [1.29, 1.82) is 0 Å². The number of nitrogens with zero attached hydrogens (tertiary/aromatic N) is 1. The number of carbonyl (C=O) groups is 2. The Hall–Kier alpha value is -1.34. The molecule has 19 heavy (non-hydrogen) atoms. The van der Waals surface area contributed by atoms with Crippen molar-refractivity contribution in [2.24, 2.45) is 5.92 Å². The van der Waals surface area contributed by atoms with Gasteiger partial charge >= 0.3 is 12.0 Å². The van der Waals surface area contributed by atoms with Gasteiger partial charge in [-0.2, -0.15) is 0 Å². The van der Waals surface area contributed by atoms with Crippen LogP contribution in [-0.4, -0.2) is 66.1 Å². The van der Waals surface area contributed by atoms with Crippen molar-refractivity contribution in [3.05, 3.63) is 0 Å². The van der Waals surface area contributed by atoms with Crippen molar-refractivity contribution >= 4 is 12.0 Å². The zero-order valence-corrected chi connectivity index (χ0v) is 11.4. The van der Waals surface area contributed by atoms with Crippen molar-refractivity contribution in [2.45, 2.75) is 25.3 Å². The van der Waals surface area contributed by atoms with Crippen molar-refractivity contribution in [1.82, 2.24) is 10.2 Å². The van der Waals surface area contributed by atoms with Gasteiger partial charge < -0.3 is 25.2 Å². The number of rotatable bonds is 8. The van der Waals surface area contributed by atoms with Crippen LogP contribution in [0.5, 0.6) is 0 Å². The van der Waals surface area contributed by atoms with Crippen LogP contribution in [-0.2, 0) is 9.53 Å². The number of methoxy groups -OCH3 is 1. The van der Waals surface area contributed by atoms with E-state index in [-0.39, 0.29) is 19.1 Å². The van der Waals surface area contributed by atoms with Crippen LogP contribution in [0.4, 0.5) is 4.79 Å². The van der Waals surface area contributed by atoms with E-state index in [0.717, 1.165) is 12.8 Å². The van der Waals surface area contributed by atoms with Gasteiger partial charge in [0.25, 0.3) is 0 Å². The first-order valence-corrected chi connectivity index (χ1v) is 6.36. The molecule has 0 aromatic carbocycles. The normalized spacial score (nSPS) is 17.6. The highest BCUT2D eigenvalue weighted by molar-refractivity contribution is 5.86. The average Bonchev–Trinajstić information content (AvgIpc) is 3.18. The number of aliphatic carboxylic acids is 1. The lowest BCUT2D eigenvalue weighted by atomic mass is 9.96. The van der Waals surface area contributed by atoms with Crippen molar-refractivity contribution in [3.8, 4) is 0 Å². The van der Waals surface area contributed by atoms with Gasteiger partial charge in [-0.3, -0.25) is 0 Å². The van der Waals surface area contributed by atoms with Crippen molar-refractivity contribution in [2.75, 3.05) is 33.4 Å². The Kier molecular flexibility index (Phi) is 5.56. The molecule has 1 aliphatic rings. The third-order valence-electron chi connectivity index (χ3n) is 3.43. The number of amides is 2. The van der Waals surface area contributed by atoms with Crippen LogP contribution in [0.25, 0.3) is 0 Å². The van der Waals surface area contributed by atoms with E-state index in [9.17, 15) is 14.7 Å². The number of aliphatic hydroxyl groups excluding tert-OH is 1. The minimum Gasteiger partial charge on any atom is -0.480 e. The summed E-state index contributed by atoms with van der Waals surface area (Å²) in [5.41, 5.74) is -1.24. The fourth-order valence-electron chi connectivity index (χ4n) is 1.93. The molecule has 0 spiro atoms. The maximum Gasteiger partial charge on any atom is 0.329 e. The molecule has 1 aliphatic carbocycles. The van der Waals surface area contributed by atoms with E-state index in [0.29, 0.717) is 13.2 Å². The monoisotopic (exact) mass is 274 g/mol. The van der Waals surface area contributed by atoms with Gasteiger partial charge in [0, 0.05) is 20.2 Å². The fourth-order valence-corrected chi connectivity index (χ4v) is 1.93. The number of hydrogen-bond acceptors (Lipinski definition) is 4. The summed E-state index contributed by atoms with van der Waals surface area (Å²) in [4.78, 5) is 24.8. The van der Waals surface area contributed by atoms with E-state index in [1.807, 2.05) is 0 Å². The van der Waals surface area contributed by atoms with E-state index < -0.39 is 17.5 Å². The summed E-state index contributed by atoms with van der Waals surface area (Å²) in [6.45, 7) is 2.14. The molecule has 1 fully saturated rings. The minimum atomic E-state index is -1.24. The lowest BCUT2D eigenvalue weighted by Gasteiger charge is -2.30. The Bertz CT molecular complexity index is 332. The smallest absolute Gasteiger partial charge is 0.329 e. The summed E-state index contributed by atoms with van der Waals surface area (Å²) in [5.74, 6) is -1.05. The first-order valence-electron chi connectivity index (χ1n) is 6.36. The Labute approximate surface area is 112 Å². The summed E-state index contributed by atoms with van der Waals surface area (Å²) >= 11 is 0. The summed E-state index contributed by atoms with van der Waals surface area (Å²) in [6, 6.07) is -0.483. The van der Waals surface area contributed by atoms with E-state index in [4.69, 9.17) is 9.84 Å². The second-order valence-electron chi connectivity index (χ2n) is 4.92. The number of hydrogen-bond donors (Lipinski definition) is 3. The zero-order chi connectivity index (χ0) is 14.5. The third kappa shape index (κ3) is 4.07. The predicted octanol–water partition coefficient (Wildman–Crippen LogP) is -0.110. The molecule has 0 heterocycles. The Morgan fingerprint density at radius 2 is 2.05 bits per heavy atom. The Balaban J connectivity index is 2.65. The summed E-state index contributed by atoms with van der Waals surface area (Å²) < 4.78 is 4.89. The second-order valence-corrected chi connectivity index (χ2v) is 4.92. The van der Waals surface area contributed by atoms with Crippen LogP contribution in [0.1, 0.15) is 19.8 Å². The Morgan fingerprint density at radius 3 is 2.47 bits per heavy atom. The van der Waals surface area contributed by atoms with Crippen LogP contribution in [0, 0.1) is 5.92 Å². The first kappa shape index (κ1) is 15.7. The number of carbonyl (C=O) groups excluding carboxylic acids is 1. The minimum absolute atomic E-state index is 0.0210. The lowest BCUT2D eigenvalue weighted by molar-refractivity contribution is -0.144. The number of urea groups is 1. The van der Waals surface area contributed by atoms with Gasteiger partial charge in [0.05, 0.1) is 13.2 Å². The quantitative estimate of drug-likeness (QED) is 0.573. The molecule has 0 radical (unpaired) electrons. The molecule has 1 atom stereocenters. The number of aliphatic hydroxyl groups is 1. The third-order valence-corrected chi connectivity index (χ3v) is 3.43. The molecule has 0 aromatic heterocycles. The van der Waals surface area contributed by atoms with E-state index in [1.165, 1.54) is 18.9 Å². The molecule has 0 aliphatic heterocycles. The SMILES string of the molecule is COCCN(CCO)C(=O)NC(C)(C(=O)O)C1CC1. The van der Waals surface area contributed by atoms with E-state index >= 15 is 0 Å². The number of carboxylic acid groups (broad SMARTS) is 1. The maximum absolute atomic E-state index is 12.1. The molecule has 2 amide bonds. The molecule has 7 nitrogen and oxygen atoms in total. The molecular weight excluding hydrogens is 252 g/mol. The standard InChI is InChI=1S/C12H22N2O5/c1-12(10(16)17,9-3-4-9)13-11(18)14(5-7-15)6-8-19-2/h9,15H,3-8H2,1-2H3,(H,13,18)(H,16,17). The van der Waals surface area contributed by atoms with Crippen LogP contribution < -0.4 is 5.32 Å². The maximum atomic E-state index is 12.1. The predicted molar refractivity (Wildman–Crippen MR) is 67.8 cm³/mol. The van der Waals surface area contributed by atoms with Crippen LogP contribution in [0.2, 0.25) is 0 Å². The van der Waals surface area contributed by atoms with Crippen molar-refractivity contribution in [3.63, 3.8) is 0 Å². The molecule has 0 bridgehead atoms. The molecule has 0 aromatic rings. The molecule has 3 N–H and O–H groups in total. The summed E-state index contributed by atoms with van der Waals surface area (Å²) in [6.07, 6.45) is 1.61. The fraction of sp³-hybridized carbons (Fsp3) is 0.833. The molecule has 0 saturated heterocycles. The topological polar surface area (TPSA) is 99.1 Å². The van der Waals surface area contributed by atoms with Crippen LogP contribution in [0.3, 0.4) is 0 Å². The molecule has 1 saturated carbocycles. The number of ether oxygens (including phenoxy) is 1. The van der Waals surface area contributed by atoms with E-state index in [1.54, 1.807) is 0 Å². The molecule has 1 unspecified atom stereocenters. The molecule has 1 rings (SSSR count). The van der Waals surface area contributed by atoms with Crippen LogP contribution in [0.15, 0.2) is 0 Å². The van der Waals surface area contributed by atoms with Gasteiger partial charge in [-0.15, -0.1) is 0 Å². The van der Waals surface area contributed by atoms with Gasteiger partial charge in [0.15, 0.2) is 0 Å². The lowest BCUT2D eigenvalue weighted by Crippen LogP contribution is -2.58. The number of nitrogens with one attached hydrogen (secondary N) is 1. The average molecular weight is 274 g/mol. The first-order chi connectivity index (χ1) is 8.95. The van der Waals surface area contributed by atoms with Crippen LogP contribution >= 0.6 is 0 Å². The highest BCUT2D eigenvalue weighted by Crippen LogP contribution is 2.39. The van der Waals surface area contributed by atoms with Gasteiger partial charge in [-0.25, -0.2) is 9.59 Å². The largest absolute Gasteiger partial charge is 0.480 e. The zero-order valence-electron chi connectivity index (χ0n) is 11.4. The van der Waals surface area contributed by atoms with Crippen molar-refractivity contribution < 1.29 is 24.5 Å². The highest BCUT2D eigenvalue weighted by atomic mass is 16.5. The molecule has 110 valence electrons. The number of carboxylic acids is 1.